The largest absolute Gasteiger partial charge is 0.333 e. The van der Waals surface area contributed by atoms with Crippen LogP contribution in [0, 0.1) is 0 Å². The summed E-state index contributed by atoms with van der Waals surface area (Å²) in [5.74, 6) is 0.000978. The standard InChI is InChI=1S/C20H23N3OS/c1-4-14-9-8-10-15(5-2)18(14)23-19(24)13(3)25-20-21-16-11-6-7-12-17(16)22-20/h6-13H,4-5H2,1-3H3,(H,21,22)(H,23,24). The van der Waals surface area contributed by atoms with E-state index in [1.807, 2.05) is 31.2 Å². The van der Waals surface area contributed by atoms with Crippen LogP contribution < -0.4 is 5.32 Å². The van der Waals surface area contributed by atoms with Gasteiger partial charge in [-0.1, -0.05) is 55.9 Å². The van der Waals surface area contributed by atoms with Crippen molar-refractivity contribution in [3.8, 4) is 0 Å². The van der Waals surface area contributed by atoms with Crippen molar-refractivity contribution in [3.63, 3.8) is 0 Å². The van der Waals surface area contributed by atoms with Gasteiger partial charge in [-0.05, 0) is 43.0 Å². The normalized spacial score (nSPS) is 12.3. The molecule has 1 amide bonds. The number of nitrogens with one attached hydrogen (secondary N) is 2. The zero-order valence-corrected chi connectivity index (χ0v) is 15.6. The second-order valence-corrected chi connectivity index (χ2v) is 7.30. The molecule has 0 spiro atoms. The number of para-hydroxylation sites is 3. The average Bonchev–Trinajstić information content (AvgIpc) is 3.03. The summed E-state index contributed by atoms with van der Waals surface area (Å²) in [6.07, 6.45) is 1.79. The summed E-state index contributed by atoms with van der Waals surface area (Å²) in [5, 5.41) is 3.66. The highest BCUT2D eigenvalue weighted by molar-refractivity contribution is 8.00. The summed E-state index contributed by atoms with van der Waals surface area (Å²) < 4.78 is 0. The van der Waals surface area contributed by atoms with Crippen molar-refractivity contribution in [2.45, 2.75) is 44.0 Å². The quantitative estimate of drug-likeness (QED) is 0.625. The molecule has 0 saturated heterocycles. The Morgan fingerprint density at radius 2 is 1.80 bits per heavy atom. The number of aromatic nitrogens is 2. The van der Waals surface area contributed by atoms with Crippen LogP contribution in [0.25, 0.3) is 11.0 Å². The molecule has 0 bridgehead atoms. The van der Waals surface area contributed by atoms with Gasteiger partial charge in [0.2, 0.25) is 5.91 Å². The first-order valence-corrected chi connectivity index (χ1v) is 9.53. The van der Waals surface area contributed by atoms with E-state index in [2.05, 4.69) is 47.3 Å². The molecule has 5 heteroatoms. The second kappa shape index (κ2) is 7.74. The number of benzene rings is 2. The summed E-state index contributed by atoms with van der Waals surface area (Å²) in [5.41, 5.74) is 5.22. The van der Waals surface area contributed by atoms with Crippen LogP contribution in [0.3, 0.4) is 0 Å². The van der Waals surface area contributed by atoms with Crippen LogP contribution >= 0.6 is 11.8 Å². The summed E-state index contributed by atoms with van der Waals surface area (Å²) in [4.78, 5) is 20.5. The van der Waals surface area contributed by atoms with E-state index in [0.29, 0.717) is 0 Å². The van der Waals surface area contributed by atoms with E-state index >= 15 is 0 Å². The monoisotopic (exact) mass is 353 g/mol. The van der Waals surface area contributed by atoms with Gasteiger partial charge in [0.1, 0.15) is 0 Å². The van der Waals surface area contributed by atoms with Gasteiger partial charge < -0.3 is 10.3 Å². The number of H-pyrrole nitrogens is 1. The number of imidazole rings is 1. The average molecular weight is 353 g/mol. The summed E-state index contributed by atoms with van der Waals surface area (Å²) >= 11 is 1.44. The first kappa shape index (κ1) is 17.5. The Morgan fingerprint density at radius 1 is 1.12 bits per heavy atom. The minimum atomic E-state index is -0.241. The lowest BCUT2D eigenvalue weighted by Gasteiger charge is -2.16. The second-order valence-electron chi connectivity index (χ2n) is 5.97. The van der Waals surface area contributed by atoms with Crippen LogP contribution in [0.5, 0.6) is 0 Å². The molecular weight excluding hydrogens is 330 g/mol. The highest BCUT2D eigenvalue weighted by Gasteiger charge is 2.18. The number of aromatic amines is 1. The van der Waals surface area contributed by atoms with Crippen LogP contribution in [0.1, 0.15) is 31.9 Å². The summed E-state index contributed by atoms with van der Waals surface area (Å²) in [6.45, 7) is 6.13. The molecule has 0 aliphatic heterocycles. The number of hydrogen-bond donors (Lipinski definition) is 2. The fourth-order valence-corrected chi connectivity index (χ4v) is 3.65. The van der Waals surface area contributed by atoms with Crippen molar-refractivity contribution in [3.05, 3.63) is 53.6 Å². The van der Waals surface area contributed by atoms with E-state index in [4.69, 9.17) is 0 Å². The summed E-state index contributed by atoms with van der Waals surface area (Å²) in [6, 6.07) is 14.1. The van der Waals surface area contributed by atoms with Crippen LogP contribution in [0.15, 0.2) is 47.6 Å². The molecule has 0 fully saturated rings. The smallest absolute Gasteiger partial charge is 0.237 e. The fourth-order valence-electron chi connectivity index (χ4n) is 2.83. The maximum absolute atomic E-state index is 12.7. The molecule has 0 aliphatic carbocycles. The highest BCUT2D eigenvalue weighted by atomic mass is 32.2. The minimum absolute atomic E-state index is 0.000978. The molecule has 25 heavy (non-hydrogen) atoms. The molecule has 3 aromatic rings. The van der Waals surface area contributed by atoms with E-state index in [0.717, 1.165) is 34.7 Å². The number of amides is 1. The van der Waals surface area contributed by atoms with E-state index in [-0.39, 0.29) is 11.2 Å². The molecule has 2 aromatic carbocycles. The molecule has 130 valence electrons. The fraction of sp³-hybridized carbons (Fsp3) is 0.300. The Balaban J connectivity index is 1.75. The molecule has 1 aromatic heterocycles. The lowest BCUT2D eigenvalue weighted by atomic mass is 10.0. The predicted molar refractivity (Wildman–Crippen MR) is 105 cm³/mol. The number of aryl methyl sites for hydroxylation is 2. The maximum atomic E-state index is 12.7. The van der Waals surface area contributed by atoms with Crippen LogP contribution in [-0.4, -0.2) is 21.1 Å². The van der Waals surface area contributed by atoms with Gasteiger partial charge in [0.15, 0.2) is 5.16 Å². The topological polar surface area (TPSA) is 57.8 Å². The number of anilines is 1. The third-order valence-corrected chi connectivity index (χ3v) is 5.26. The van der Waals surface area contributed by atoms with Crippen molar-refractivity contribution >= 4 is 34.4 Å². The zero-order valence-electron chi connectivity index (χ0n) is 14.8. The Labute approximate surface area is 152 Å². The third kappa shape index (κ3) is 3.87. The van der Waals surface area contributed by atoms with Crippen molar-refractivity contribution in [2.75, 3.05) is 5.32 Å². The number of fused-ring (bicyclic) bond motifs is 1. The van der Waals surface area contributed by atoms with Crippen molar-refractivity contribution in [1.82, 2.24) is 9.97 Å². The number of hydrogen-bond acceptors (Lipinski definition) is 3. The van der Waals surface area contributed by atoms with E-state index in [9.17, 15) is 4.79 Å². The van der Waals surface area contributed by atoms with E-state index in [1.54, 1.807) is 0 Å². The number of nitrogens with zero attached hydrogens (tertiary/aromatic N) is 1. The van der Waals surface area contributed by atoms with Gasteiger partial charge >= 0.3 is 0 Å². The molecule has 3 rings (SSSR count). The van der Waals surface area contributed by atoms with Crippen molar-refractivity contribution < 1.29 is 4.79 Å². The lowest BCUT2D eigenvalue weighted by molar-refractivity contribution is -0.115. The lowest BCUT2D eigenvalue weighted by Crippen LogP contribution is -2.24. The maximum Gasteiger partial charge on any atom is 0.237 e. The molecule has 0 radical (unpaired) electrons. The van der Waals surface area contributed by atoms with Crippen molar-refractivity contribution in [2.24, 2.45) is 0 Å². The van der Waals surface area contributed by atoms with Gasteiger partial charge in [-0.3, -0.25) is 4.79 Å². The Morgan fingerprint density at radius 3 is 2.44 bits per heavy atom. The summed E-state index contributed by atoms with van der Waals surface area (Å²) in [7, 11) is 0. The molecule has 0 saturated carbocycles. The number of carbonyl (C=O) groups excluding carboxylic acids is 1. The van der Waals surface area contributed by atoms with Crippen LogP contribution in [-0.2, 0) is 17.6 Å². The first-order chi connectivity index (χ1) is 12.1. The Bertz CT molecular complexity index is 832. The molecule has 1 atom stereocenters. The Kier molecular flexibility index (Phi) is 5.43. The highest BCUT2D eigenvalue weighted by Crippen LogP contribution is 2.27. The molecule has 1 unspecified atom stereocenters. The minimum Gasteiger partial charge on any atom is -0.333 e. The van der Waals surface area contributed by atoms with Crippen LogP contribution in [0.4, 0.5) is 5.69 Å². The van der Waals surface area contributed by atoms with Gasteiger partial charge in [-0.15, -0.1) is 0 Å². The SMILES string of the molecule is CCc1cccc(CC)c1NC(=O)C(C)Sc1nc2ccccc2[nH]1. The van der Waals surface area contributed by atoms with E-state index < -0.39 is 0 Å². The van der Waals surface area contributed by atoms with E-state index in [1.165, 1.54) is 22.9 Å². The predicted octanol–water partition coefficient (Wildman–Crippen LogP) is 4.81. The van der Waals surface area contributed by atoms with Gasteiger partial charge in [0.25, 0.3) is 0 Å². The third-order valence-electron chi connectivity index (χ3n) is 4.27. The number of thioether (sulfide) groups is 1. The van der Waals surface area contributed by atoms with Crippen LogP contribution in [0.2, 0.25) is 0 Å². The first-order valence-electron chi connectivity index (χ1n) is 8.65. The van der Waals surface area contributed by atoms with Gasteiger partial charge in [0, 0.05) is 5.69 Å². The molecule has 0 aliphatic rings. The van der Waals surface area contributed by atoms with Gasteiger partial charge in [0.05, 0.1) is 16.3 Å². The van der Waals surface area contributed by atoms with Crippen molar-refractivity contribution in [1.29, 1.82) is 0 Å². The van der Waals surface area contributed by atoms with Gasteiger partial charge in [-0.2, -0.15) is 0 Å². The van der Waals surface area contributed by atoms with Gasteiger partial charge in [-0.25, -0.2) is 4.98 Å². The molecular formula is C20H23N3OS. The molecule has 2 N–H and O–H groups in total. The number of rotatable bonds is 6. The molecule has 1 heterocycles. The zero-order chi connectivity index (χ0) is 17.8. The number of carbonyl (C=O) groups is 1. The Hall–Kier alpha value is -2.27. The molecule has 4 nitrogen and oxygen atoms in total.